The largest absolute Gasteiger partial charge is 0.399 e. The molecule has 0 heterocycles. The van der Waals surface area contributed by atoms with Crippen molar-refractivity contribution in [1.29, 1.82) is 0 Å². The van der Waals surface area contributed by atoms with Crippen LogP contribution in [0.5, 0.6) is 0 Å². The van der Waals surface area contributed by atoms with Gasteiger partial charge in [-0.2, -0.15) is 0 Å². The molecular formula is C15H22N2O. The van der Waals surface area contributed by atoms with Crippen molar-refractivity contribution in [1.82, 2.24) is 5.32 Å². The number of rotatable bonds is 5. The first-order valence-corrected chi connectivity index (χ1v) is 6.68. The van der Waals surface area contributed by atoms with Crippen LogP contribution in [0.3, 0.4) is 0 Å². The minimum absolute atomic E-state index is 0.151. The van der Waals surface area contributed by atoms with Crippen LogP contribution in [0.15, 0.2) is 24.3 Å². The smallest absolute Gasteiger partial charge is 0.220 e. The Balaban J connectivity index is 1.77. The maximum absolute atomic E-state index is 11.8. The number of nitrogens with two attached hydrogens (primary N) is 1. The molecule has 0 bridgehead atoms. The number of benzene rings is 1. The lowest BCUT2D eigenvalue weighted by Gasteiger charge is -2.12. The molecule has 3 N–H and O–H groups in total. The number of carbonyl (C=O) groups is 1. The fourth-order valence-corrected chi connectivity index (χ4v) is 2.22. The Hall–Kier alpha value is -1.51. The summed E-state index contributed by atoms with van der Waals surface area (Å²) in [6, 6.07) is 7.76. The molecule has 3 nitrogen and oxygen atoms in total. The van der Waals surface area contributed by atoms with E-state index in [1.54, 1.807) is 0 Å². The zero-order chi connectivity index (χ0) is 13.1. The van der Waals surface area contributed by atoms with Crippen LogP contribution in [-0.4, -0.2) is 12.5 Å². The maximum atomic E-state index is 11.8. The van der Waals surface area contributed by atoms with Gasteiger partial charge in [-0.3, -0.25) is 4.79 Å². The highest BCUT2D eigenvalue weighted by atomic mass is 16.1. The first-order chi connectivity index (χ1) is 8.56. The average molecular weight is 246 g/mol. The van der Waals surface area contributed by atoms with Crippen LogP contribution in [0.2, 0.25) is 0 Å². The van der Waals surface area contributed by atoms with Gasteiger partial charge in [-0.1, -0.05) is 26.0 Å². The zero-order valence-electron chi connectivity index (χ0n) is 11.1. The molecule has 3 heteroatoms. The van der Waals surface area contributed by atoms with Crippen LogP contribution in [0, 0.1) is 11.8 Å². The number of amides is 1. The summed E-state index contributed by atoms with van der Waals surface area (Å²) in [7, 11) is 0. The molecule has 0 aromatic heterocycles. The minimum atomic E-state index is 0.151. The van der Waals surface area contributed by atoms with Crippen LogP contribution in [0.4, 0.5) is 5.69 Å². The summed E-state index contributed by atoms with van der Waals surface area (Å²) >= 11 is 0. The molecule has 0 radical (unpaired) electrons. The summed E-state index contributed by atoms with van der Waals surface area (Å²) in [5.74, 6) is 1.89. The second kappa shape index (κ2) is 5.42. The molecule has 1 saturated carbocycles. The summed E-state index contributed by atoms with van der Waals surface area (Å²) in [4.78, 5) is 11.8. The quantitative estimate of drug-likeness (QED) is 0.784. The third-order valence-electron chi connectivity index (χ3n) is 3.83. The molecule has 2 rings (SSSR count). The summed E-state index contributed by atoms with van der Waals surface area (Å²) in [6.45, 7) is 5.15. The lowest BCUT2D eigenvalue weighted by atomic mass is 9.97. The first-order valence-electron chi connectivity index (χ1n) is 6.68. The van der Waals surface area contributed by atoms with E-state index in [0.717, 1.165) is 18.2 Å². The highest BCUT2D eigenvalue weighted by Gasteiger charge is 2.32. The van der Waals surface area contributed by atoms with Crippen molar-refractivity contribution in [2.45, 2.75) is 32.6 Å². The number of nitrogen functional groups attached to an aromatic ring is 1. The zero-order valence-corrected chi connectivity index (χ0v) is 11.1. The third kappa shape index (κ3) is 3.49. The summed E-state index contributed by atoms with van der Waals surface area (Å²) in [5, 5.41) is 3.02. The monoisotopic (exact) mass is 246 g/mol. The van der Waals surface area contributed by atoms with Gasteiger partial charge in [0, 0.05) is 18.7 Å². The van der Waals surface area contributed by atoms with Gasteiger partial charge in [0.05, 0.1) is 0 Å². The van der Waals surface area contributed by atoms with Gasteiger partial charge >= 0.3 is 0 Å². The van der Waals surface area contributed by atoms with Gasteiger partial charge in [-0.05, 0) is 41.9 Å². The van der Waals surface area contributed by atoms with Crippen molar-refractivity contribution in [2.24, 2.45) is 11.8 Å². The number of anilines is 1. The van der Waals surface area contributed by atoms with E-state index in [2.05, 4.69) is 19.2 Å². The van der Waals surface area contributed by atoms with Crippen LogP contribution in [0.1, 0.15) is 38.2 Å². The molecular weight excluding hydrogens is 224 g/mol. The van der Waals surface area contributed by atoms with Crippen molar-refractivity contribution in [3.8, 4) is 0 Å². The number of nitrogens with one attached hydrogen (secondary N) is 1. The van der Waals surface area contributed by atoms with E-state index in [-0.39, 0.29) is 11.8 Å². The topological polar surface area (TPSA) is 55.1 Å². The van der Waals surface area contributed by atoms with E-state index in [1.165, 1.54) is 12.0 Å². The molecule has 1 amide bonds. The first kappa shape index (κ1) is 12.9. The number of carbonyl (C=O) groups excluding carboxylic acids is 1. The molecule has 0 spiro atoms. The number of hydrogen-bond acceptors (Lipinski definition) is 2. The Bertz CT molecular complexity index is 413. The molecule has 1 aliphatic carbocycles. The van der Waals surface area contributed by atoms with Gasteiger partial charge in [0.25, 0.3) is 0 Å². The third-order valence-corrected chi connectivity index (χ3v) is 3.83. The van der Waals surface area contributed by atoms with E-state index < -0.39 is 0 Å². The molecule has 1 aliphatic rings. The van der Waals surface area contributed by atoms with E-state index in [4.69, 9.17) is 5.73 Å². The van der Waals surface area contributed by atoms with Crippen molar-refractivity contribution in [2.75, 3.05) is 12.3 Å². The highest BCUT2D eigenvalue weighted by molar-refractivity contribution is 5.76. The van der Waals surface area contributed by atoms with Crippen molar-refractivity contribution >= 4 is 11.6 Å². The molecule has 1 aromatic rings. The standard InChI is InChI=1S/C15H22N2O/c1-10-7-13(10)9-17-15(18)8-11(2)12-3-5-14(16)6-4-12/h3-6,10-11,13H,7-9,16H2,1-2H3,(H,17,18). The lowest BCUT2D eigenvalue weighted by Crippen LogP contribution is -2.26. The van der Waals surface area contributed by atoms with E-state index in [0.29, 0.717) is 12.3 Å². The van der Waals surface area contributed by atoms with Gasteiger partial charge in [0.15, 0.2) is 0 Å². The summed E-state index contributed by atoms with van der Waals surface area (Å²) in [5.41, 5.74) is 7.58. The molecule has 18 heavy (non-hydrogen) atoms. The Morgan fingerprint density at radius 2 is 2.06 bits per heavy atom. The normalized spacial score (nSPS) is 23.4. The molecule has 1 fully saturated rings. The summed E-state index contributed by atoms with van der Waals surface area (Å²) in [6.07, 6.45) is 1.80. The molecule has 3 unspecified atom stereocenters. The Kier molecular flexibility index (Phi) is 3.90. The van der Waals surface area contributed by atoms with Gasteiger partial charge in [-0.15, -0.1) is 0 Å². The maximum Gasteiger partial charge on any atom is 0.220 e. The second-order valence-corrected chi connectivity index (χ2v) is 5.55. The Morgan fingerprint density at radius 3 is 2.61 bits per heavy atom. The van der Waals surface area contributed by atoms with Crippen molar-refractivity contribution < 1.29 is 4.79 Å². The average Bonchev–Trinajstić information content (AvgIpc) is 3.03. The molecule has 98 valence electrons. The Morgan fingerprint density at radius 1 is 1.44 bits per heavy atom. The predicted octanol–water partition coefficient (Wildman–Crippen LogP) is 2.53. The molecule has 1 aromatic carbocycles. The van der Waals surface area contributed by atoms with Crippen LogP contribution in [0.25, 0.3) is 0 Å². The molecule has 0 aliphatic heterocycles. The van der Waals surface area contributed by atoms with Crippen molar-refractivity contribution in [3.63, 3.8) is 0 Å². The fourth-order valence-electron chi connectivity index (χ4n) is 2.22. The van der Waals surface area contributed by atoms with Gasteiger partial charge in [0.1, 0.15) is 0 Å². The minimum Gasteiger partial charge on any atom is -0.399 e. The molecule has 3 atom stereocenters. The fraction of sp³-hybridized carbons (Fsp3) is 0.533. The second-order valence-electron chi connectivity index (χ2n) is 5.55. The Labute approximate surface area is 109 Å². The van der Waals surface area contributed by atoms with E-state index in [1.807, 2.05) is 24.3 Å². The van der Waals surface area contributed by atoms with Crippen LogP contribution in [-0.2, 0) is 4.79 Å². The molecule has 0 saturated heterocycles. The lowest BCUT2D eigenvalue weighted by molar-refractivity contribution is -0.121. The van der Waals surface area contributed by atoms with Crippen LogP contribution < -0.4 is 11.1 Å². The van der Waals surface area contributed by atoms with Gasteiger partial charge in [0.2, 0.25) is 5.91 Å². The predicted molar refractivity (Wildman–Crippen MR) is 74.2 cm³/mol. The van der Waals surface area contributed by atoms with E-state index >= 15 is 0 Å². The van der Waals surface area contributed by atoms with Crippen LogP contribution >= 0.6 is 0 Å². The SMILES string of the molecule is CC(CC(=O)NCC1CC1C)c1ccc(N)cc1. The van der Waals surface area contributed by atoms with Gasteiger partial charge < -0.3 is 11.1 Å². The summed E-state index contributed by atoms with van der Waals surface area (Å²) < 4.78 is 0. The van der Waals surface area contributed by atoms with Crippen molar-refractivity contribution in [3.05, 3.63) is 29.8 Å². The highest BCUT2D eigenvalue weighted by Crippen LogP contribution is 2.36. The van der Waals surface area contributed by atoms with E-state index in [9.17, 15) is 4.79 Å². The van der Waals surface area contributed by atoms with Gasteiger partial charge in [-0.25, -0.2) is 0 Å². The number of hydrogen-bond donors (Lipinski definition) is 2.